The van der Waals surface area contributed by atoms with Crippen molar-refractivity contribution < 1.29 is 9.59 Å². The van der Waals surface area contributed by atoms with Gasteiger partial charge in [-0.25, -0.2) is 4.79 Å². The number of nitrogens with one attached hydrogen (secondary N) is 2. The molecule has 4 nitrogen and oxygen atoms in total. The SMILES string of the molecule is C=CCNC(=O)NC(=O)CC=C. The molecule has 0 unspecified atom stereocenters. The molecule has 4 heteroatoms. The molecule has 3 amide bonds. The van der Waals surface area contributed by atoms with Gasteiger partial charge in [0.2, 0.25) is 5.91 Å². The lowest BCUT2D eigenvalue weighted by Gasteiger charge is -2.01. The number of urea groups is 1. The van der Waals surface area contributed by atoms with E-state index in [0.29, 0.717) is 6.54 Å². The molecule has 0 bridgehead atoms. The molecule has 0 aromatic carbocycles. The predicted octanol–water partition coefficient (Wildman–Crippen LogP) is 0.574. The zero-order valence-electron chi connectivity index (χ0n) is 6.80. The van der Waals surface area contributed by atoms with Gasteiger partial charge < -0.3 is 5.32 Å². The Morgan fingerprint density at radius 1 is 1.25 bits per heavy atom. The van der Waals surface area contributed by atoms with Crippen molar-refractivity contribution in [2.24, 2.45) is 0 Å². The van der Waals surface area contributed by atoms with Crippen LogP contribution in [0.15, 0.2) is 25.3 Å². The van der Waals surface area contributed by atoms with Crippen LogP contribution in [0.5, 0.6) is 0 Å². The smallest absolute Gasteiger partial charge is 0.321 e. The third kappa shape index (κ3) is 5.22. The Balaban J connectivity index is 3.60. The van der Waals surface area contributed by atoms with Crippen molar-refractivity contribution >= 4 is 11.9 Å². The summed E-state index contributed by atoms with van der Waals surface area (Å²) in [7, 11) is 0. The van der Waals surface area contributed by atoms with Crippen molar-refractivity contribution in [1.29, 1.82) is 0 Å². The van der Waals surface area contributed by atoms with Crippen LogP contribution in [0, 0.1) is 0 Å². The predicted molar refractivity (Wildman–Crippen MR) is 46.6 cm³/mol. The van der Waals surface area contributed by atoms with Crippen molar-refractivity contribution in [2.45, 2.75) is 6.42 Å². The minimum absolute atomic E-state index is 0.140. The van der Waals surface area contributed by atoms with Crippen molar-refractivity contribution in [3.8, 4) is 0 Å². The van der Waals surface area contributed by atoms with E-state index < -0.39 is 6.03 Å². The highest BCUT2D eigenvalue weighted by atomic mass is 16.2. The van der Waals surface area contributed by atoms with E-state index in [1.165, 1.54) is 12.2 Å². The summed E-state index contributed by atoms with van der Waals surface area (Å²) in [6.45, 7) is 7.11. The normalized spacial score (nSPS) is 8.33. The Labute approximate surface area is 71.3 Å². The van der Waals surface area contributed by atoms with Gasteiger partial charge in [-0.15, -0.1) is 13.2 Å². The molecule has 0 aliphatic carbocycles. The maximum Gasteiger partial charge on any atom is 0.321 e. The van der Waals surface area contributed by atoms with Crippen molar-refractivity contribution in [2.75, 3.05) is 6.54 Å². The van der Waals surface area contributed by atoms with Crippen LogP contribution >= 0.6 is 0 Å². The molecule has 0 aromatic rings. The monoisotopic (exact) mass is 168 g/mol. The minimum Gasteiger partial charge on any atom is -0.334 e. The molecular formula is C8H12N2O2. The Morgan fingerprint density at radius 3 is 2.42 bits per heavy atom. The molecular weight excluding hydrogens is 156 g/mol. The number of imide groups is 1. The molecule has 0 saturated carbocycles. The second-order valence-electron chi connectivity index (χ2n) is 2.04. The number of hydrogen-bond acceptors (Lipinski definition) is 2. The highest BCUT2D eigenvalue weighted by Crippen LogP contribution is 1.78. The van der Waals surface area contributed by atoms with Crippen molar-refractivity contribution in [3.63, 3.8) is 0 Å². The molecule has 0 heterocycles. The quantitative estimate of drug-likeness (QED) is 0.603. The van der Waals surface area contributed by atoms with E-state index in [1.54, 1.807) is 0 Å². The molecule has 0 aromatic heterocycles. The van der Waals surface area contributed by atoms with Gasteiger partial charge in [-0.05, 0) is 0 Å². The lowest BCUT2D eigenvalue weighted by atomic mass is 10.4. The second kappa shape index (κ2) is 6.15. The van der Waals surface area contributed by atoms with Gasteiger partial charge in [0.1, 0.15) is 0 Å². The van der Waals surface area contributed by atoms with Crippen molar-refractivity contribution in [1.82, 2.24) is 10.6 Å². The number of carbonyl (C=O) groups excluding carboxylic acids is 2. The van der Waals surface area contributed by atoms with E-state index in [0.717, 1.165) is 0 Å². The first kappa shape index (κ1) is 10.4. The molecule has 0 aliphatic rings. The van der Waals surface area contributed by atoms with Crippen LogP contribution in [-0.2, 0) is 4.79 Å². The van der Waals surface area contributed by atoms with Crippen LogP contribution < -0.4 is 10.6 Å². The summed E-state index contributed by atoms with van der Waals surface area (Å²) in [5.74, 6) is -0.369. The molecule has 0 atom stereocenters. The number of rotatable bonds is 4. The van der Waals surface area contributed by atoms with Crippen LogP contribution in [0.4, 0.5) is 4.79 Å². The summed E-state index contributed by atoms with van der Waals surface area (Å²) in [6.07, 6.45) is 3.09. The van der Waals surface area contributed by atoms with Crippen LogP contribution in [0.3, 0.4) is 0 Å². The largest absolute Gasteiger partial charge is 0.334 e. The first-order valence-corrected chi connectivity index (χ1v) is 3.50. The number of amides is 3. The maximum atomic E-state index is 10.8. The zero-order valence-corrected chi connectivity index (χ0v) is 6.80. The Bertz CT molecular complexity index is 199. The molecule has 0 aliphatic heterocycles. The Kier molecular flexibility index (Phi) is 5.34. The van der Waals surface area contributed by atoms with E-state index in [-0.39, 0.29) is 12.3 Å². The molecule has 0 rings (SSSR count). The average Bonchev–Trinajstić information content (AvgIpc) is 2.01. The van der Waals surface area contributed by atoms with Gasteiger partial charge >= 0.3 is 6.03 Å². The molecule has 66 valence electrons. The standard InChI is InChI=1S/C8H12N2O2/c1-3-5-7(11)10-8(12)9-6-4-2/h3-4H,1-2,5-6H2,(H2,9,10,11,12). The Morgan fingerprint density at radius 2 is 1.92 bits per heavy atom. The molecule has 0 radical (unpaired) electrons. The van der Waals surface area contributed by atoms with E-state index >= 15 is 0 Å². The molecule has 12 heavy (non-hydrogen) atoms. The van der Waals surface area contributed by atoms with E-state index in [9.17, 15) is 9.59 Å². The first-order valence-electron chi connectivity index (χ1n) is 3.50. The summed E-state index contributed by atoms with van der Waals surface area (Å²) in [5.41, 5.74) is 0. The lowest BCUT2D eigenvalue weighted by molar-refractivity contribution is -0.119. The average molecular weight is 168 g/mol. The van der Waals surface area contributed by atoms with E-state index in [4.69, 9.17) is 0 Å². The van der Waals surface area contributed by atoms with Gasteiger partial charge in [-0.1, -0.05) is 12.2 Å². The highest BCUT2D eigenvalue weighted by molar-refractivity contribution is 5.94. The topological polar surface area (TPSA) is 58.2 Å². The number of hydrogen-bond donors (Lipinski definition) is 2. The molecule has 0 fully saturated rings. The lowest BCUT2D eigenvalue weighted by Crippen LogP contribution is -2.39. The van der Waals surface area contributed by atoms with Gasteiger partial charge in [0, 0.05) is 13.0 Å². The first-order chi connectivity index (χ1) is 5.70. The van der Waals surface area contributed by atoms with Crippen molar-refractivity contribution in [3.05, 3.63) is 25.3 Å². The van der Waals surface area contributed by atoms with Gasteiger partial charge in [0.25, 0.3) is 0 Å². The zero-order chi connectivity index (χ0) is 9.40. The maximum absolute atomic E-state index is 10.8. The van der Waals surface area contributed by atoms with Crippen LogP contribution in [0.25, 0.3) is 0 Å². The van der Waals surface area contributed by atoms with Gasteiger partial charge in [-0.3, -0.25) is 10.1 Å². The fourth-order valence-corrected chi connectivity index (χ4v) is 0.518. The number of carbonyl (C=O) groups is 2. The van der Waals surface area contributed by atoms with Gasteiger partial charge in [-0.2, -0.15) is 0 Å². The third-order valence-corrected chi connectivity index (χ3v) is 0.990. The van der Waals surface area contributed by atoms with E-state index in [1.807, 2.05) is 0 Å². The summed E-state index contributed by atoms with van der Waals surface area (Å²) < 4.78 is 0. The highest BCUT2D eigenvalue weighted by Gasteiger charge is 2.02. The fraction of sp³-hybridized carbons (Fsp3) is 0.250. The van der Waals surface area contributed by atoms with Crippen LogP contribution in [0.2, 0.25) is 0 Å². The summed E-state index contributed by atoms with van der Waals surface area (Å²) in [6, 6.07) is -0.512. The summed E-state index contributed by atoms with van der Waals surface area (Å²) in [4.78, 5) is 21.5. The molecule has 0 spiro atoms. The van der Waals surface area contributed by atoms with Crippen LogP contribution in [-0.4, -0.2) is 18.5 Å². The third-order valence-electron chi connectivity index (χ3n) is 0.990. The van der Waals surface area contributed by atoms with E-state index in [2.05, 4.69) is 23.8 Å². The second-order valence-corrected chi connectivity index (χ2v) is 2.04. The minimum atomic E-state index is -0.512. The van der Waals surface area contributed by atoms with Gasteiger partial charge in [0.15, 0.2) is 0 Å². The Hall–Kier alpha value is -1.58. The van der Waals surface area contributed by atoms with Gasteiger partial charge in [0.05, 0.1) is 0 Å². The summed E-state index contributed by atoms with van der Waals surface area (Å²) >= 11 is 0. The van der Waals surface area contributed by atoms with Crippen LogP contribution in [0.1, 0.15) is 6.42 Å². The molecule has 0 saturated heterocycles. The molecule has 2 N–H and O–H groups in total. The fourth-order valence-electron chi connectivity index (χ4n) is 0.518. The summed E-state index contributed by atoms with van der Waals surface area (Å²) in [5, 5.41) is 4.51.